The van der Waals surface area contributed by atoms with Crippen molar-refractivity contribution < 1.29 is 14.3 Å². The Hall–Kier alpha value is -3.84. The number of carbonyl (C=O) groups is 2. The second kappa shape index (κ2) is 10.8. The Balaban J connectivity index is 1.33. The zero-order chi connectivity index (χ0) is 24.9. The second-order valence-electron chi connectivity index (χ2n) is 9.23. The van der Waals surface area contributed by atoms with E-state index in [4.69, 9.17) is 4.74 Å². The predicted octanol–water partition coefficient (Wildman–Crippen LogP) is 4.41. The van der Waals surface area contributed by atoms with E-state index in [2.05, 4.69) is 20.9 Å². The molecule has 186 valence electrons. The van der Waals surface area contributed by atoms with E-state index in [0.29, 0.717) is 29.8 Å². The Labute approximate surface area is 211 Å². The minimum absolute atomic E-state index is 0.180. The Morgan fingerprint density at radius 1 is 1.00 bits per heavy atom. The zero-order valence-corrected chi connectivity index (χ0v) is 20.6. The van der Waals surface area contributed by atoms with Gasteiger partial charge in [0, 0.05) is 36.4 Å². The van der Waals surface area contributed by atoms with Gasteiger partial charge in [0.1, 0.15) is 5.75 Å². The summed E-state index contributed by atoms with van der Waals surface area (Å²) >= 11 is 0. The molecule has 3 aromatic carbocycles. The Morgan fingerprint density at radius 2 is 1.78 bits per heavy atom. The summed E-state index contributed by atoms with van der Waals surface area (Å²) in [6.07, 6.45) is 3.26. The maximum atomic E-state index is 13.1. The Morgan fingerprint density at radius 3 is 2.56 bits per heavy atom. The topological polar surface area (TPSA) is 82.7 Å². The molecule has 3 N–H and O–H groups in total. The highest BCUT2D eigenvalue weighted by Gasteiger charge is 2.26. The van der Waals surface area contributed by atoms with E-state index in [0.717, 1.165) is 41.2 Å². The van der Waals surface area contributed by atoms with Crippen LogP contribution in [0.1, 0.15) is 39.1 Å². The fraction of sp³-hybridized carbons (Fsp3) is 0.310. The molecule has 3 aromatic rings. The SMILES string of the molecule is COc1ccccc1-c1ccc(NC(=O)c2ccc(NCCN3CCCC3)cc2)c2c1CCNC2=O. The van der Waals surface area contributed by atoms with Gasteiger partial charge in [-0.2, -0.15) is 0 Å². The number of nitrogens with zero attached hydrogens (tertiary/aromatic N) is 1. The third-order valence-corrected chi connectivity index (χ3v) is 6.95. The molecule has 2 heterocycles. The first kappa shape index (κ1) is 23.9. The van der Waals surface area contributed by atoms with E-state index in [1.807, 2.05) is 54.6 Å². The van der Waals surface area contributed by atoms with Crippen LogP contribution in [0, 0.1) is 0 Å². The van der Waals surface area contributed by atoms with Crippen molar-refractivity contribution in [1.82, 2.24) is 10.2 Å². The standard InChI is InChI=1S/C29H32N4O3/c1-36-26-7-3-2-6-23(26)22-12-13-25(27-24(22)14-15-31-29(27)35)32-28(34)20-8-10-21(11-9-20)30-16-19-33-17-4-5-18-33/h2-3,6-13,30H,4-5,14-19H2,1H3,(H,31,35)(H,32,34). The minimum Gasteiger partial charge on any atom is -0.496 e. The molecule has 2 aliphatic heterocycles. The smallest absolute Gasteiger partial charge is 0.255 e. The average molecular weight is 485 g/mol. The number of para-hydroxylation sites is 1. The number of ether oxygens (including phenoxy) is 1. The molecule has 5 rings (SSSR count). The highest BCUT2D eigenvalue weighted by atomic mass is 16.5. The van der Waals surface area contributed by atoms with Crippen LogP contribution in [-0.2, 0) is 6.42 Å². The molecule has 0 spiro atoms. The number of hydrogen-bond acceptors (Lipinski definition) is 5. The van der Waals surface area contributed by atoms with E-state index in [-0.39, 0.29) is 11.8 Å². The summed E-state index contributed by atoms with van der Waals surface area (Å²) in [7, 11) is 1.64. The number of anilines is 2. The number of amides is 2. The van der Waals surface area contributed by atoms with Crippen LogP contribution in [0.4, 0.5) is 11.4 Å². The van der Waals surface area contributed by atoms with Gasteiger partial charge in [-0.3, -0.25) is 9.59 Å². The molecule has 1 saturated heterocycles. The molecule has 0 aliphatic carbocycles. The first-order valence-electron chi connectivity index (χ1n) is 12.6. The summed E-state index contributed by atoms with van der Waals surface area (Å²) in [5.41, 5.74) is 5.34. The number of likely N-dealkylation sites (tertiary alicyclic amines) is 1. The quantitative estimate of drug-likeness (QED) is 0.441. The van der Waals surface area contributed by atoms with Crippen LogP contribution < -0.4 is 20.7 Å². The molecular weight excluding hydrogens is 452 g/mol. The van der Waals surface area contributed by atoms with Gasteiger partial charge in [0.05, 0.1) is 18.4 Å². The number of hydrogen-bond donors (Lipinski definition) is 3. The van der Waals surface area contributed by atoms with Crippen molar-refractivity contribution in [2.45, 2.75) is 19.3 Å². The van der Waals surface area contributed by atoms with Gasteiger partial charge in [-0.1, -0.05) is 24.3 Å². The van der Waals surface area contributed by atoms with Crippen molar-refractivity contribution >= 4 is 23.2 Å². The lowest BCUT2D eigenvalue weighted by molar-refractivity contribution is 0.0947. The van der Waals surface area contributed by atoms with Crippen LogP contribution >= 0.6 is 0 Å². The van der Waals surface area contributed by atoms with Gasteiger partial charge < -0.3 is 25.6 Å². The summed E-state index contributed by atoms with van der Waals surface area (Å²) in [5, 5.41) is 9.31. The van der Waals surface area contributed by atoms with Gasteiger partial charge >= 0.3 is 0 Å². The number of methoxy groups -OCH3 is 1. The van der Waals surface area contributed by atoms with Gasteiger partial charge in [-0.15, -0.1) is 0 Å². The summed E-state index contributed by atoms with van der Waals surface area (Å²) in [4.78, 5) is 28.4. The molecule has 2 amide bonds. The first-order valence-corrected chi connectivity index (χ1v) is 12.6. The summed E-state index contributed by atoms with van der Waals surface area (Å²) < 4.78 is 5.55. The largest absolute Gasteiger partial charge is 0.496 e. The molecule has 0 radical (unpaired) electrons. The second-order valence-corrected chi connectivity index (χ2v) is 9.23. The van der Waals surface area contributed by atoms with Gasteiger partial charge in [-0.25, -0.2) is 0 Å². The van der Waals surface area contributed by atoms with Crippen LogP contribution in [0.15, 0.2) is 60.7 Å². The van der Waals surface area contributed by atoms with Crippen molar-refractivity contribution in [3.63, 3.8) is 0 Å². The van der Waals surface area contributed by atoms with Crippen molar-refractivity contribution in [2.75, 3.05) is 50.5 Å². The lowest BCUT2D eigenvalue weighted by Crippen LogP contribution is -2.33. The predicted molar refractivity (Wildman–Crippen MR) is 143 cm³/mol. The van der Waals surface area contributed by atoms with Crippen molar-refractivity contribution in [3.05, 3.63) is 77.4 Å². The number of carbonyl (C=O) groups excluding carboxylic acids is 2. The maximum Gasteiger partial charge on any atom is 0.255 e. The number of fused-ring (bicyclic) bond motifs is 1. The monoisotopic (exact) mass is 484 g/mol. The third-order valence-electron chi connectivity index (χ3n) is 6.95. The minimum atomic E-state index is -0.246. The lowest BCUT2D eigenvalue weighted by atomic mass is 9.89. The average Bonchev–Trinajstić information content (AvgIpc) is 3.43. The molecule has 0 aromatic heterocycles. The van der Waals surface area contributed by atoms with Gasteiger partial charge in [0.15, 0.2) is 0 Å². The fourth-order valence-corrected chi connectivity index (χ4v) is 5.08. The van der Waals surface area contributed by atoms with Crippen LogP contribution in [0.2, 0.25) is 0 Å². The molecule has 0 saturated carbocycles. The van der Waals surface area contributed by atoms with Crippen molar-refractivity contribution in [1.29, 1.82) is 0 Å². The van der Waals surface area contributed by atoms with Gasteiger partial charge in [0.2, 0.25) is 0 Å². The van der Waals surface area contributed by atoms with E-state index < -0.39 is 0 Å². The van der Waals surface area contributed by atoms with Gasteiger partial charge in [0.25, 0.3) is 11.8 Å². The molecule has 36 heavy (non-hydrogen) atoms. The molecule has 0 bridgehead atoms. The van der Waals surface area contributed by atoms with Crippen molar-refractivity contribution in [2.24, 2.45) is 0 Å². The van der Waals surface area contributed by atoms with Gasteiger partial charge in [-0.05, 0) is 79.9 Å². The number of rotatable bonds is 8. The lowest BCUT2D eigenvalue weighted by Gasteiger charge is -2.24. The fourth-order valence-electron chi connectivity index (χ4n) is 5.08. The van der Waals surface area contributed by atoms with E-state index in [1.165, 1.54) is 25.9 Å². The summed E-state index contributed by atoms with van der Waals surface area (Å²) in [6, 6.07) is 19.0. The zero-order valence-electron chi connectivity index (χ0n) is 20.6. The van der Waals surface area contributed by atoms with E-state index in [9.17, 15) is 9.59 Å². The third kappa shape index (κ3) is 5.06. The number of nitrogens with one attached hydrogen (secondary N) is 3. The molecule has 0 atom stereocenters. The molecule has 2 aliphatic rings. The van der Waals surface area contributed by atoms with Crippen LogP contribution in [0.5, 0.6) is 5.75 Å². The normalized spacial score (nSPS) is 15.2. The van der Waals surface area contributed by atoms with Crippen LogP contribution in [0.25, 0.3) is 11.1 Å². The van der Waals surface area contributed by atoms with Crippen LogP contribution in [0.3, 0.4) is 0 Å². The Bertz CT molecular complexity index is 1250. The van der Waals surface area contributed by atoms with E-state index >= 15 is 0 Å². The highest BCUT2D eigenvalue weighted by molar-refractivity contribution is 6.11. The molecule has 7 heteroatoms. The first-order chi connectivity index (χ1) is 17.6. The summed E-state index contributed by atoms with van der Waals surface area (Å²) in [5.74, 6) is 0.321. The Kier molecular flexibility index (Phi) is 7.18. The molecule has 0 unspecified atom stereocenters. The molecule has 7 nitrogen and oxygen atoms in total. The van der Waals surface area contributed by atoms with Crippen LogP contribution in [-0.4, -0.2) is 56.5 Å². The van der Waals surface area contributed by atoms with E-state index in [1.54, 1.807) is 13.2 Å². The molecular formula is C29H32N4O3. The maximum absolute atomic E-state index is 13.1. The highest BCUT2D eigenvalue weighted by Crippen LogP contribution is 2.37. The molecule has 1 fully saturated rings. The van der Waals surface area contributed by atoms with Crippen molar-refractivity contribution in [3.8, 4) is 16.9 Å². The number of benzene rings is 3. The summed E-state index contributed by atoms with van der Waals surface area (Å²) in [6.45, 7) is 4.83.